The second-order valence-electron chi connectivity index (χ2n) is 5.70. The van der Waals surface area contributed by atoms with Crippen LogP contribution in [0.15, 0.2) is 0 Å². The van der Waals surface area contributed by atoms with Crippen molar-refractivity contribution in [3.05, 3.63) is 0 Å². The Labute approximate surface area is 98.0 Å². The number of Topliss-reactive ketones (excluding diaryl/α,β-unsaturated/α-hetero) is 1. The Hall–Kier alpha value is -0.860. The van der Waals surface area contributed by atoms with Crippen LogP contribution in [0.5, 0.6) is 0 Å². The molecule has 1 aliphatic carbocycles. The lowest BCUT2D eigenvalue weighted by molar-refractivity contribution is -0.129. The lowest BCUT2D eigenvalue weighted by atomic mass is 9.81. The van der Waals surface area contributed by atoms with E-state index in [9.17, 15) is 9.59 Å². The Morgan fingerprint density at radius 3 is 2.31 bits per heavy atom. The van der Waals surface area contributed by atoms with Crippen molar-refractivity contribution in [2.45, 2.75) is 52.9 Å². The van der Waals surface area contributed by atoms with Crippen molar-refractivity contribution in [1.29, 1.82) is 0 Å². The molecule has 0 radical (unpaired) electrons. The predicted octanol–water partition coefficient (Wildman–Crippen LogP) is 2.30. The molecule has 1 N–H and O–H groups in total. The highest BCUT2D eigenvalue weighted by Gasteiger charge is 2.24. The number of nitrogens with one attached hydrogen (secondary N) is 1. The third kappa shape index (κ3) is 3.95. The minimum atomic E-state index is -0.335. The van der Waals surface area contributed by atoms with Crippen LogP contribution in [-0.4, -0.2) is 18.2 Å². The van der Waals surface area contributed by atoms with Crippen molar-refractivity contribution in [3.8, 4) is 0 Å². The fourth-order valence-electron chi connectivity index (χ4n) is 1.66. The van der Waals surface area contributed by atoms with Gasteiger partial charge < -0.3 is 5.32 Å². The minimum Gasteiger partial charge on any atom is -0.356 e. The molecule has 1 rings (SSSR count). The maximum absolute atomic E-state index is 11.6. The Kier molecular flexibility index (Phi) is 4.51. The van der Waals surface area contributed by atoms with E-state index in [-0.39, 0.29) is 11.3 Å². The first-order valence-corrected chi connectivity index (χ1v) is 6.22. The number of ketones is 1. The van der Waals surface area contributed by atoms with E-state index in [4.69, 9.17) is 0 Å². The van der Waals surface area contributed by atoms with Gasteiger partial charge in [-0.25, -0.2) is 0 Å². The van der Waals surface area contributed by atoms with Gasteiger partial charge in [0, 0.05) is 24.3 Å². The highest BCUT2D eigenvalue weighted by atomic mass is 16.2. The molecule has 0 aromatic heterocycles. The number of hydrogen-bond acceptors (Lipinski definition) is 2. The van der Waals surface area contributed by atoms with Crippen molar-refractivity contribution in [3.63, 3.8) is 0 Å². The molecule has 0 aliphatic heterocycles. The summed E-state index contributed by atoms with van der Waals surface area (Å²) in [6.07, 6.45) is 4.75. The van der Waals surface area contributed by atoms with E-state index in [1.165, 1.54) is 6.42 Å². The van der Waals surface area contributed by atoms with Gasteiger partial charge in [-0.3, -0.25) is 9.59 Å². The molecule has 3 nitrogen and oxygen atoms in total. The second kappa shape index (κ2) is 5.46. The summed E-state index contributed by atoms with van der Waals surface area (Å²) < 4.78 is 0. The molecule has 0 atom stereocenters. The third-order valence-electron chi connectivity index (χ3n) is 3.13. The summed E-state index contributed by atoms with van der Waals surface area (Å²) in [4.78, 5) is 23.1. The molecule has 1 saturated carbocycles. The zero-order chi connectivity index (χ0) is 12.2. The van der Waals surface area contributed by atoms with Crippen molar-refractivity contribution in [2.24, 2.45) is 11.3 Å². The molecule has 0 bridgehead atoms. The van der Waals surface area contributed by atoms with Crippen molar-refractivity contribution in [2.75, 3.05) is 6.54 Å². The second-order valence-corrected chi connectivity index (χ2v) is 5.70. The average Bonchev–Trinajstić information content (AvgIpc) is 2.07. The Bertz CT molecular complexity index is 262. The van der Waals surface area contributed by atoms with Crippen molar-refractivity contribution >= 4 is 11.7 Å². The van der Waals surface area contributed by atoms with Gasteiger partial charge in [-0.2, -0.15) is 0 Å². The number of carbonyl (C=O) groups excluding carboxylic acids is 2. The zero-order valence-electron chi connectivity index (χ0n) is 10.6. The fourth-order valence-corrected chi connectivity index (χ4v) is 1.66. The summed E-state index contributed by atoms with van der Waals surface area (Å²) in [6.45, 7) is 6.29. The van der Waals surface area contributed by atoms with Gasteiger partial charge >= 0.3 is 0 Å². The topological polar surface area (TPSA) is 46.2 Å². The van der Waals surface area contributed by atoms with Gasteiger partial charge in [0.2, 0.25) is 5.91 Å². The summed E-state index contributed by atoms with van der Waals surface area (Å²) >= 11 is 0. The average molecular weight is 225 g/mol. The molecular weight excluding hydrogens is 202 g/mol. The third-order valence-corrected chi connectivity index (χ3v) is 3.13. The van der Waals surface area contributed by atoms with Crippen molar-refractivity contribution in [1.82, 2.24) is 5.32 Å². The van der Waals surface area contributed by atoms with Crippen LogP contribution < -0.4 is 5.32 Å². The van der Waals surface area contributed by atoms with Gasteiger partial charge in [-0.05, 0) is 19.3 Å². The SMILES string of the molecule is CC(C)(C)C(=O)NCCCC(=O)C1CCC1. The van der Waals surface area contributed by atoms with Crippen LogP contribution in [0.3, 0.4) is 0 Å². The maximum Gasteiger partial charge on any atom is 0.225 e. The van der Waals surface area contributed by atoms with Gasteiger partial charge in [-0.1, -0.05) is 27.2 Å². The van der Waals surface area contributed by atoms with Crippen LogP contribution in [0.4, 0.5) is 0 Å². The lowest BCUT2D eigenvalue weighted by Crippen LogP contribution is -2.35. The molecular formula is C13H23NO2. The smallest absolute Gasteiger partial charge is 0.225 e. The molecule has 92 valence electrons. The van der Waals surface area contributed by atoms with Crippen LogP contribution >= 0.6 is 0 Å². The van der Waals surface area contributed by atoms with E-state index in [2.05, 4.69) is 5.32 Å². The summed E-state index contributed by atoms with van der Waals surface area (Å²) in [5.74, 6) is 0.776. The highest BCUT2D eigenvalue weighted by molar-refractivity contribution is 5.82. The Balaban J connectivity index is 2.07. The molecule has 0 aromatic carbocycles. The largest absolute Gasteiger partial charge is 0.356 e. The molecule has 1 fully saturated rings. The summed E-state index contributed by atoms with van der Waals surface area (Å²) in [6, 6.07) is 0. The van der Waals surface area contributed by atoms with Gasteiger partial charge in [0.15, 0.2) is 0 Å². The number of hydrogen-bond donors (Lipinski definition) is 1. The quantitative estimate of drug-likeness (QED) is 0.730. The predicted molar refractivity (Wildman–Crippen MR) is 64.0 cm³/mol. The monoisotopic (exact) mass is 225 g/mol. The van der Waals surface area contributed by atoms with Crippen LogP contribution in [-0.2, 0) is 9.59 Å². The molecule has 0 aromatic rings. The zero-order valence-corrected chi connectivity index (χ0v) is 10.6. The van der Waals surface area contributed by atoms with Gasteiger partial charge in [0.25, 0.3) is 0 Å². The first-order chi connectivity index (χ1) is 7.41. The highest BCUT2D eigenvalue weighted by Crippen LogP contribution is 2.28. The minimum absolute atomic E-state index is 0.0589. The number of amides is 1. The number of carbonyl (C=O) groups is 2. The van der Waals surface area contributed by atoms with Crippen molar-refractivity contribution < 1.29 is 9.59 Å². The van der Waals surface area contributed by atoms with E-state index >= 15 is 0 Å². The van der Waals surface area contributed by atoms with E-state index < -0.39 is 0 Å². The van der Waals surface area contributed by atoms with E-state index in [0.717, 1.165) is 19.3 Å². The molecule has 16 heavy (non-hydrogen) atoms. The summed E-state index contributed by atoms with van der Waals surface area (Å²) in [7, 11) is 0. The first kappa shape index (κ1) is 13.2. The summed E-state index contributed by atoms with van der Waals surface area (Å²) in [5, 5.41) is 2.86. The molecule has 1 aliphatic rings. The van der Waals surface area contributed by atoms with Crippen LogP contribution in [0.25, 0.3) is 0 Å². The lowest BCUT2D eigenvalue weighted by Gasteiger charge is -2.23. The van der Waals surface area contributed by atoms with Gasteiger partial charge in [0.1, 0.15) is 5.78 Å². The first-order valence-electron chi connectivity index (χ1n) is 6.22. The molecule has 0 heterocycles. The molecule has 0 saturated heterocycles. The molecule has 0 spiro atoms. The standard InChI is InChI=1S/C13H23NO2/c1-13(2,3)12(16)14-9-5-8-11(15)10-6-4-7-10/h10H,4-9H2,1-3H3,(H,14,16). The molecule has 0 unspecified atom stereocenters. The van der Waals surface area contributed by atoms with Gasteiger partial charge in [0.05, 0.1) is 0 Å². The van der Waals surface area contributed by atoms with E-state index in [1.54, 1.807) is 0 Å². The van der Waals surface area contributed by atoms with E-state index in [0.29, 0.717) is 24.7 Å². The number of rotatable bonds is 5. The van der Waals surface area contributed by atoms with Crippen LogP contribution in [0.2, 0.25) is 0 Å². The van der Waals surface area contributed by atoms with Crippen LogP contribution in [0.1, 0.15) is 52.9 Å². The Morgan fingerprint density at radius 2 is 1.88 bits per heavy atom. The molecule has 1 amide bonds. The van der Waals surface area contributed by atoms with E-state index in [1.807, 2.05) is 20.8 Å². The fraction of sp³-hybridized carbons (Fsp3) is 0.846. The normalized spacial score (nSPS) is 16.7. The summed E-state index contributed by atoms with van der Waals surface area (Å²) in [5.41, 5.74) is -0.335. The molecule has 3 heteroatoms. The van der Waals surface area contributed by atoms with Gasteiger partial charge in [-0.15, -0.1) is 0 Å². The van der Waals surface area contributed by atoms with Crippen LogP contribution in [0, 0.1) is 11.3 Å². The maximum atomic E-state index is 11.6. The Morgan fingerprint density at radius 1 is 1.25 bits per heavy atom.